The molecular formula is C27H36FN3O. The summed E-state index contributed by atoms with van der Waals surface area (Å²) in [6, 6.07) is 5.26. The number of fused-ring (bicyclic) bond motifs is 6. The average molecular weight is 438 g/mol. The first-order valence-electron chi connectivity index (χ1n) is 12.7. The minimum Gasteiger partial charge on any atom is -0.342 e. The van der Waals surface area contributed by atoms with Gasteiger partial charge in [0, 0.05) is 25.9 Å². The summed E-state index contributed by atoms with van der Waals surface area (Å²) in [5.74, 6) is 4.13. The maximum Gasteiger partial charge on any atom is 0.222 e. The topological polar surface area (TPSA) is 49.0 Å². The second-order valence-corrected chi connectivity index (χ2v) is 11.8. The summed E-state index contributed by atoms with van der Waals surface area (Å²) in [4.78, 5) is 22.7. The number of nitrogens with one attached hydrogen (secondary N) is 1. The van der Waals surface area contributed by atoms with Crippen molar-refractivity contribution in [3.8, 4) is 0 Å². The third-order valence-corrected chi connectivity index (χ3v) is 10.7. The molecule has 1 aromatic carbocycles. The van der Waals surface area contributed by atoms with Crippen LogP contribution >= 0.6 is 0 Å². The number of nitrogens with zero attached hydrogens (tertiary/aromatic N) is 2. The first kappa shape index (κ1) is 20.7. The van der Waals surface area contributed by atoms with Crippen LogP contribution in [0.4, 0.5) is 4.39 Å². The van der Waals surface area contributed by atoms with Gasteiger partial charge in [-0.05, 0) is 97.6 Å². The van der Waals surface area contributed by atoms with Crippen molar-refractivity contribution in [1.29, 1.82) is 0 Å². The number of carbonyl (C=O) groups excluding carboxylic acids is 1. The molecule has 1 N–H and O–H groups in total. The van der Waals surface area contributed by atoms with Gasteiger partial charge in [0.05, 0.1) is 11.0 Å². The summed E-state index contributed by atoms with van der Waals surface area (Å²) in [6.07, 6.45) is 10.4. The van der Waals surface area contributed by atoms with E-state index in [1.807, 2.05) is 7.05 Å². The van der Waals surface area contributed by atoms with Crippen LogP contribution in [0, 0.1) is 40.3 Å². The lowest BCUT2D eigenvalue weighted by Crippen LogP contribution is -2.61. The van der Waals surface area contributed by atoms with Crippen LogP contribution in [-0.4, -0.2) is 33.9 Å². The predicted octanol–water partition coefficient (Wildman–Crippen LogP) is 5.72. The predicted molar refractivity (Wildman–Crippen MR) is 123 cm³/mol. The minimum atomic E-state index is -0.210. The summed E-state index contributed by atoms with van der Waals surface area (Å²) in [5.41, 5.74) is 2.33. The molecule has 6 rings (SSSR count). The van der Waals surface area contributed by atoms with E-state index in [0.717, 1.165) is 53.9 Å². The van der Waals surface area contributed by atoms with Gasteiger partial charge in [-0.15, -0.1) is 0 Å². The van der Waals surface area contributed by atoms with Crippen LogP contribution < -0.4 is 0 Å². The fourth-order valence-electron chi connectivity index (χ4n) is 8.96. The Morgan fingerprint density at radius 1 is 1.09 bits per heavy atom. The normalized spacial score (nSPS) is 41.4. The number of carbonyl (C=O) groups is 1. The van der Waals surface area contributed by atoms with Crippen molar-refractivity contribution < 1.29 is 9.18 Å². The van der Waals surface area contributed by atoms with E-state index in [9.17, 15) is 9.18 Å². The molecule has 1 saturated heterocycles. The molecule has 0 radical (unpaired) electrons. The van der Waals surface area contributed by atoms with Crippen molar-refractivity contribution in [1.82, 2.24) is 14.9 Å². The maximum absolute atomic E-state index is 13.6. The summed E-state index contributed by atoms with van der Waals surface area (Å²) in [5, 5.41) is 0. The Morgan fingerprint density at radius 3 is 2.75 bits per heavy atom. The van der Waals surface area contributed by atoms with E-state index in [1.165, 1.54) is 44.6 Å². The van der Waals surface area contributed by atoms with Crippen LogP contribution in [0.5, 0.6) is 0 Å². The molecule has 2 aromatic rings. The van der Waals surface area contributed by atoms with Crippen molar-refractivity contribution >= 4 is 16.9 Å². The molecule has 1 aliphatic heterocycles. The van der Waals surface area contributed by atoms with E-state index in [-0.39, 0.29) is 11.2 Å². The number of piperidine rings is 1. The number of hydrogen-bond acceptors (Lipinski definition) is 2. The quantitative estimate of drug-likeness (QED) is 0.653. The number of halogens is 1. The van der Waals surface area contributed by atoms with Gasteiger partial charge in [-0.2, -0.15) is 0 Å². The first-order valence-corrected chi connectivity index (χ1v) is 12.7. The van der Waals surface area contributed by atoms with Crippen molar-refractivity contribution in [2.75, 3.05) is 7.05 Å². The van der Waals surface area contributed by atoms with Crippen molar-refractivity contribution in [3.05, 3.63) is 29.8 Å². The number of rotatable bonds is 2. The molecule has 5 heteroatoms. The second-order valence-electron chi connectivity index (χ2n) is 11.8. The summed E-state index contributed by atoms with van der Waals surface area (Å²) < 4.78 is 13.6. The van der Waals surface area contributed by atoms with Gasteiger partial charge in [0.25, 0.3) is 0 Å². The number of H-pyrrole nitrogens is 1. The Hall–Kier alpha value is -1.91. The van der Waals surface area contributed by atoms with Crippen LogP contribution in [0.15, 0.2) is 18.2 Å². The van der Waals surface area contributed by atoms with Gasteiger partial charge < -0.3 is 9.88 Å². The van der Waals surface area contributed by atoms with Crippen molar-refractivity contribution in [3.63, 3.8) is 0 Å². The lowest BCUT2D eigenvalue weighted by atomic mass is 9.46. The number of benzene rings is 1. The van der Waals surface area contributed by atoms with Gasteiger partial charge in [0.2, 0.25) is 5.91 Å². The van der Waals surface area contributed by atoms with Crippen LogP contribution in [-0.2, 0) is 11.2 Å². The molecule has 3 aliphatic carbocycles. The van der Waals surface area contributed by atoms with Crippen LogP contribution in [0.2, 0.25) is 0 Å². The molecule has 0 spiro atoms. The van der Waals surface area contributed by atoms with Crippen LogP contribution in [0.3, 0.4) is 0 Å². The van der Waals surface area contributed by atoms with Gasteiger partial charge in [0.1, 0.15) is 11.6 Å². The Bertz CT molecular complexity index is 1060. The molecule has 1 aromatic heterocycles. The van der Waals surface area contributed by atoms with Crippen molar-refractivity contribution in [2.45, 2.75) is 77.7 Å². The second kappa shape index (κ2) is 7.04. The molecule has 4 aliphatic rings. The van der Waals surface area contributed by atoms with Gasteiger partial charge in [0.15, 0.2) is 0 Å². The fourth-order valence-corrected chi connectivity index (χ4v) is 8.96. The van der Waals surface area contributed by atoms with E-state index in [2.05, 4.69) is 23.7 Å². The monoisotopic (exact) mass is 437 g/mol. The SMILES string of the molecule is CN1C(=O)CC[C@@]2(C)C1CC[C@@H]1[C@H]2CC[C@]2(C)C(Cc3nc4ccc(F)cc4[nH]3)CC[C@@H]12. The number of aromatic nitrogens is 2. The van der Waals surface area contributed by atoms with Gasteiger partial charge in [-0.1, -0.05) is 13.8 Å². The molecule has 0 bridgehead atoms. The molecule has 4 nitrogen and oxygen atoms in total. The third-order valence-electron chi connectivity index (χ3n) is 10.7. The standard InChI is InChI=1S/C27H36FN3O/c1-26-12-10-20-18(6-9-23-27(20,2)13-11-25(32)31(23)3)19(26)7-4-16(26)14-24-29-21-8-5-17(28)15-22(21)30-24/h5,8,15-16,18-20,23H,4,6-7,9-14H2,1-3H3,(H,29,30)/t16?,18-,19-,20+,23?,26+,27+/m0/s1. The number of amides is 1. The lowest BCUT2D eigenvalue weighted by molar-refractivity contribution is -0.158. The van der Waals surface area contributed by atoms with Crippen LogP contribution in [0.25, 0.3) is 11.0 Å². The highest BCUT2D eigenvalue weighted by atomic mass is 19.1. The van der Waals surface area contributed by atoms with Crippen molar-refractivity contribution in [2.24, 2.45) is 34.5 Å². The summed E-state index contributed by atoms with van der Waals surface area (Å²) in [7, 11) is 2.04. The number of hydrogen-bond donors (Lipinski definition) is 1. The molecular weight excluding hydrogens is 401 g/mol. The highest BCUT2D eigenvalue weighted by Crippen LogP contribution is 2.66. The Kier molecular flexibility index (Phi) is 4.55. The van der Waals surface area contributed by atoms with Crippen LogP contribution in [0.1, 0.15) is 71.0 Å². The smallest absolute Gasteiger partial charge is 0.222 e. The summed E-state index contributed by atoms with van der Waals surface area (Å²) >= 11 is 0. The number of imidazole rings is 1. The molecule has 2 heterocycles. The average Bonchev–Trinajstić information content (AvgIpc) is 3.31. The third kappa shape index (κ3) is 2.85. The maximum atomic E-state index is 13.6. The number of aromatic amines is 1. The Labute approximate surface area is 190 Å². The molecule has 32 heavy (non-hydrogen) atoms. The number of likely N-dealkylation sites (tertiary alicyclic amines) is 1. The van der Waals surface area contributed by atoms with Gasteiger partial charge >= 0.3 is 0 Å². The molecule has 2 unspecified atom stereocenters. The zero-order chi connectivity index (χ0) is 22.3. The van der Waals surface area contributed by atoms with E-state index in [0.29, 0.717) is 23.3 Å². The van der Waals surface area contributed by atoms with E-state index >= 15 is 0 Å². The van der Waals surface area contributed by atoms with E-state index in [4.69, 9.17) is 4.98 Å². The van der Waals surface area contributed by atoms with Gasteiger partial charge in [-0.3, -0.25) is 4.79 Å². The molecule has 4 fully saturated rings. The molecule has 1 amide bonds. The fraction of sp³-hybridized carbons (Fsp3) is 0.704. The highest BCUT2D eigenvalue weighted by molar-refractivity contribution is 5.77. The summed E-state index contributed by atoms with van der Waals surface area (Å²) in [6.45, 7) is 5.05. The Balaban J connectivity index is 1.24. The molecule has 172 valence electrons. The molecule has 3 saturated carbocycles. The molecule has 7 atom stereocenters. The lowest BCUT2D eigenvalue weighted by Gasteiger charge is -2.61. The van der Waals surface area contributed by atoms with Gasteiger partial charge in [-0.25, -0.2) is 9.37 Å². The van der Waals surface area contributed by atoms with E-state index in [1.54, 1.807) is 12.1 Å². The Morgan fingerprint density at radius 2 is 1.91 bits per heavy atom. The highest BCUT2D eigenvalue weighted by Gasteiger charge is 2.61. The first-order chi connectivity index (χ1) is 15.3. The van der Waals surface area contributed by atoms with E-state index < -0.39 is 0 Å². The zero-order valence-electron chi connectivity index (χ0n) is 19.7. The largest absolute Gasteiger partial charge is 0.342 e. The zero-order valence-corrected chi connectivity index (χ0v) is 19.7. The minimum absolute atomic E-state index is 0.210.